The van der Waals surface area contributed by atoms with E-state index in [0.29, 0.717) is 11.8 Å². The van der Waals surface area contributed by atoms with Crippen LogP contribution in [0.3, 0.4) is 0 Å². The van der Waals surface area contributed by atoms with Crippen LogP contribution >= 0.6 is 0 Å². The van der Waals surface area contributed by atoms with Crippen LogP contribution in [0.25, 0.3) is 0 Å². The second kappa shape index (κ2) is 4.11. The lowest BCUT2D eigenvalue weighted by atomic mass is 9.81. The van der Waals surface area contributed by atoms with E-state index in [1.165, 1.54) is 11.1 Å². The van der Waals surface area contributed by atoms with Gasteiger partial charge in [0.2, 0.25) is 0 Å². The summed E-state index contributed by atoms with van der Waals surface area (Å²) in [5.74, 6) is 0.936. The Hall–Kier alpha value is -1.31. The van der Waals surface area contributed by atoms with Crippen molar-refractivity contribution < 1.29 is 9.53 Å². The van der Waals surface area contributed by atoms with Crippen LogP contribution in [0.4, 0.5) is 0 Å². The summed E-state index contributed by atoms with van der Waals surface area (Å²) in [6.07, 6.45) is 6.14. The Kier molecular flexibility index (Phi) is 2.69. The minimum atomic E-state index is -0.113. The van der Waals surface area contributed by atoms with Crippen molar-refractivity contribution in [1.82, 2.24) is 0 Å². The standard InChI is InChI=1S/C16H20O2/c1-4-11-13-8-5-9(2)12-7-6-10(3)14(12)15(13)18-16(11)17/h4,12-15H,2-3,5-8H2,1H3/b11-4+. The molecule has 0 spiro atoms. The van der Waals surface area contributed by atoms with Gasteiger partial charge in [-0.2, -0.15) is 0 Å². The van der Waals surface area contributed by atoms with Gasteiger partial charge in [-0.05, 0) is 38.5 Å². The van der Waals surface area contributed by atoms with Crippen molar-refractivity contribution in [3.8, 4) is 0 Å². The molecule has 2 heteroatoms. The summed E-state index contributed by atoms with van der Waals surface area (Å²) >= 11 is 0. The van der Waals surface area contributed by atoms with Crippen LogP contribution in [0, 0.1) is 17.8 Å². The largest absolute Gasteiger partial charge is 0.458 e. The van der Waals surface area contributed by atoms with Gasteiger partial charge in [0.1, 0.15) is 6.10 Å². The lowest BCUT2D eigenvalue weighted by Crippen LogP contribution is -2.28. The maximum absolute atomic E-state index is 11.9. The first-order valence-corrected chi connectivity index (χ1v) is 6.86. The quantitative estimate of drug-likeness (QED) is 0.371. The van der Waals surface area contributed by atoms with E-state index in [1.807, 2.05) is 13.0 Å². The van der Waals surface area contributed by atoms with Gasteiger partial charge < -0.3 is 4.74 Å². The first-order chi connectivity index (χ1) is 8.63. The number of carbonyl (C=O) groups excluding carboxylic acids is 1. The van der Waals surface area contributed by atoms with E-state index in [-0.39, 0.29) is 18.0 Å². The Bertz CT molecular complexity index is 458. The summed E-state index contributed by atoms with van der Waals surface area (Å²) in [6.45, 7) is 10.4. The van der Waals surface area contributed by atoms with Crippen molar-refractivity contribution in [2.75, 3.05) is 0 Å². The van der Waals surface area contributed by atoms with Crippen molar-refractivity contribution in [3.05, 3.63) is 36.0 Å². The van der Waals surface area contributed by atoms with Gasteiger partial charge in [-0.3, -0.25) is 0 Å². The van der Waals surface area contributed by atoms with E-state index < -0.39 is 0 Å². The van der Waals surface area contributed by atoms with Gasteiger partial charge in [0.25, 0.3) is 0 Å². The fraction of sp³-hybridized carbons (Fsp3) is 0.562. The molecule has 0 aromatic heterocycles. The maximum Gasteiger partial charge on any atom is 0.334 e. The van der Waals surface area contributed by atoms with Gasteiger partial charge >= 0.3 is 5.97 Å². The smallest absolute Gasteiger partial charge is 0.334 e. The van der Waals surface area contributed by atoms with Crippen LogP contribution in [-0.2, 0) is 9.53 Å². The molecule has 1 saturated heterocycles. The molecule has 2 aliphatic carbocycles. The van der Waals surface area contributed by atoms with Gasteiger partial charge in [0.15, 0.2) is 0 Å². The predicted molar refractivity (Wildman–Crippen MR) is 70.9 cm³/mol. The van der Waals surface area contributed by atoms with E-state index in [9.17, 15) is 4.79 Å². The molecule has 96 valence electrons. The number of hydrogen-bond acceptors (Lipinski definition) is 2. The average Bonchev–Trinajstić information content (AvgIpc) is 2.82. The Morgan fingerprint density at radius 2 is 1.83 bits per heavy atom. The van der Waals surface area contributed by atoms with Gasteiger partial charge in [-0.25, -0.2) is 4.79 Å². The van der Waals surface area contributed by atoms with Gasteiger partial charge in [0.05, 0.1) is 0 Å². The highest BCUT2D eigenvalue weighted by molar-refractivity contribution is 5.91. The first-order valence-electron chi connectivity index (χ1n) is 6.86. The van der Waals surface area contributed by atoms with Crippen LogP contribution < -0.4 is 0 Å². The Balaban J connectivity index is 2.01. The van der Waals surface area contributed by atoms with Crippen molar-refractivity contribution in [2.24, 2.45) is 17.8 Å². The molecule has 3 rings (SSSR count). The second-order valence-corrected chi connectivity index (χ2v) is 5.75. The number of ether oxygens (including phenoxy) is 1. The third kappa shape index (κ3) is 1.51. The van der Waals surface area contributed by atoms with Crippen LogP contribution in [0.1, 0.15) is 32.6 Å². The van der Waals surface area contributed by atoms with Crippen molar-refractivity contribution >= 4 is 5.97 Å². The van der Waals surface area contributed by atoms with Crippen molar-refractivity contribution in [2.45, 2.75) is 38.7 Å². The monoisotopic (exact) mass is 244 g/mol. The third-order valence-electron chi connectivity index (χ3n) is 4.92. The summed E-state index contributed by atoms with van der Waals surface area (Å²) in [4.78, 5) is 11.9. The summed E-state index contributed by atoms with van der Waals surface area (Å²) < 4.78 is 5.67. The highest BCUT2D eigenvalue weighted by atomic mass is 16.6. The molecule has 1 heterocycles. The molecule has 0 bridgehead atoms. The fourth-order valence-corrected chi connectivity index (χ4v) is 3.99. The average molecular weight is 244 g/mol. The normalized spacial score (nSPS) is 41.6. The van der Waals surface area contributed by atoms with Crippen molar-refractivity contribution in [1.29, 1.82) is 0 Å². The van der Waals surface area contributed by atoms with E-state index in [0.717, 1.165) is 31.3 Å². The van der Waals surface area contributed by atoms with Gasteiger partial charge in [-0.1, -0.05) is 30.4 Å². The maximum atomic E-state index is 11.9. The highest BCUT2D eigenvalue weighted by Gasteiger charge is 2.50. The van der Waals surface area contributed by atoms with E-state index >= 15 is 0 Å². The Labute approximate surface area is 108 Å². The molecule has 2 nitrogen and oxygen atoms in total. The molecular formula is C16H20O2. The summed E-state index contributed by atoms with van der Waals surface area (Å²) in [7, 11) is 0. The lowest BCUT2D eigenvalue weighted by Gasteiger charge is -2.26. The zero-order valence-corrected chi connectivity index (χ0v) is 10.9. The number of hydrogen-bond donors (Lipinski definition) is 0. The number of esters is 1. The first kappa shape index (κ1) is 11.8. The molecule has 0 radical (unpaired) electrons. The Morgan fingerprint density at radius 1 is 1.17 bits per heavy atom. The van der Waals surface area contributed by atoms with Crippen molar-refractivity contribution in [3.63, 3.8) is 0 Å². The number of fused-ring (bicyclic) bond motifs is 3. The SMILES string of the molecule is C=C1CCC2/C(=C\C)C(=O)OC2C2C(=C)CCC12. The summed E-state index contributed by atoms with van der Waals surface area (Å²) in [5.41, 5.74) is 3.45. The second-order valence-electron chi connectivity index (χ2n) is 5.75. The number of rotatable bonds is 0. The van der Waals surface area contributed by atoms with Crippen LogP contribution in [0.5, 0.6) is 0 Å². The zero-order chi connectivity index (χ0) is 12.9. The van der Waals surface area contributed by atoms with Crippen LogP contribution in [-0.4, -0.2) is 12.1 Å². The minimum absolute atomic E-state index is 0.0166. The van der Waals surface area contributed by atoms with Gasteiger partial charge in [0, 0.05) is 17.4 Å². The minimum Gasteiger partial charge on any atom is -0.458 e. The molecule has 2 saturated carbocycles. The van der Waals surface area contributed by atoms with E-state index in [4.69, 9.17) is 4.74 Å². The molecule has 18 heavy (non-hydrogen) atoms. The fourth-order valence-electron chi connectivity index (χ4n) is 3.99. The van der Waals surface area contributed by atoms with Crippen LogP contribution in [0.15, 0.2) is 36.0 Å². The highest BCUT2D eigenvalue weighted by Crippen LogP contribution is 2.51. The molecule has 0 N–H and O–H groups in total. The molecule has 0 amide bonds. The van der Waals surface area contributed by atoms with E-state index in [2.05, 4.69) is 13.2 Å². The van der Waals surface area contributed by atoms with Gasteiger partial charge in [-0.15, -0.1) is 0 Å². The molecule has 0 aromatic rings. The zero-order valence-electron chi connectivity index (χ0n) is 10.9. The molecule has 3 fully saturated rings. The molecular weight excluding hydrogens is 224 g/mol. The topological polar surface area (TPSA) is 26.3 Å². The molecule has 1 aliphatic heterocycles. The number of allylic oxidation sites excluding steroid dienone is 2. The Morgan fingerprint density at radius 3 is 2.56 bits per heavy atom. The summed E-state index contributed by atoms with van der Waals surface area (Å²) in [5, 5.41) is 0. The third-order valence-corrected chi connectivity index (χ3v) is 4.92. The molecule has 0 aromatic carbocycles. The number of carbonyl (C=O) groups is 1. The molecule has 4 unspecified atom stereocenters. The predicted octanol–water partition coefficient (Wildman–Crippen LogP) is 3.41. The molecule has 3 aliphatic rings. The van der Waals surface area contributed by atoms with Crippen LogP contribution in [0.2, 0.25) is 0 Å². The summed E-state index contributed by atoms with van der Waals surface area (Å²) in [6, 6.07) is 0. The lowest BCUT2D eigenvalue weighted by molar-refractivity contribution is -0.141. The van der Waals surface area contributed by atoms with E-state index in [1.54, 1.807) is 0 Å². The molecule has 4 atom stereocenters.